The Morgan fingerprint density at radius 2 is 1.70 bits per heavy atom. The molecule has 3 nitrogen and oxygen atoms in total. The first-order chi connectivity index (χ1) is 9.65. The van der Waals surface area contributed by atoms with Crippen molar-refractivity contribution in [3.05, 3.63) is 42.0 Å². The van der Waals surface area contributed by atoms with E-state index in [4.69, 9.17) is 0 Å². The number of phenolic OH excluding ortho intramolecular Hbond substituents is 1. The normalized spacial score (nSPS) is 18.0. The van der Waals surface area contributed by atoms with Crippen LogP contribution in [0.4, 0.5) is 0 Å². The molecule has 104 valence electrons. The summed E-state index contributed by atoms with van der Waals surface area (Å²) in [5, 5.41) is 22.0. The fourth-order valence-electron chi connectivity index (χ4n) is 3.49. The summed E-state index contributed by atoms with van der Waals surface area (Å²) in [7, 11) is 0. The van der Waals surface area contributed by atoms with Crippen molar-refractivity contribution in [2.45, 2.75) is 37.5 Å². The molecule has 0 radical (unpaired) electrons. The number of carboxylic acid groups (broad SMARTS) is 1. The lowest BCUT2D eigenvalue weighted by atomic mass is 9.68. The Morgan fingerprint density at radius 1 is 1.00 bits per heavy atom. The second-order valence-electron chi connectivity index (χ2n) is 5.63. The molecular formula is C17H18O3. The van der Waals surface area contributed by atoms with E-state index in [-0.39, 0.29) is 5.75 Å². The monoisotopic (exact) mass is 270 g/mol. The average Bonchev–Trinajstić information content (AvgIpc) is 2.47. The summed E-state index contributed by atoms with van der Waals surface area (Å²) in [6.45, 7) is 0. The quantitative estimate of drug-likeness (QED) is 0.871. The number of rotatable bonds is 2. The van der Waals surface area contributed by atoms with E-state index in [1.54, 1.807) is 6.07 Å². The molecule has 2 aromatic carbocycles. The molecule has 0 saturated heterocycles. The van der Waals surface area contributed by atoms with Gasteiger partial charge in [0.2, 0.25) is 0 Å². The van der Waals surface area contributed by atoms with E-state index < -0.39 is 11.4 Å². The summed E-state index contributed by atoms with van der Waals surface area (Å²) >= 11 is 0. The van der Waals surface area contributed by atoms with E-state index in [1.165, 1.54) is 0 Å². The van der Waals surface area contributed by atoms with Gasteiger partial charge in [0.05, 0.1) is 5.41 Å². The van der Waals surface area contributed by atoms with E-state index in [0.717, 1.165) is 30.0 Å². The third-order valence-electron chi connectivity index (χ3n) is 4.50. The van der Waals surface area contributed by atoms with Crippen LogP contribution in [0.15, 0.2) is 36.4 Å². The highest BCUT2D eigenvalue weighted by Crippen LogP contribution is 2.46. The maximum Gasteiger partial charge on any atom is 0.314 e. The highest BCUT2D eigenvalue weighted by Gasteiger charge is 2.44. The van der Waals surface area contributed by atoms with Gasteiger partial charge in [-0.3, -0.25) is 4.79 Å². The van der Waals surface area contributed by atoms with Gasteiger partial charge >= 0.3 is 5.97 Å². The Kier molecular flexibility index (Phi) is 3.13. The van der Waals surface area contributed by atoms with Crippen LogP contribution in [0.1, 0.15) is 37.7 Å². The summed E-state index contributed by atoms with van der Waals surface area (Å²) in [5.41, 5.74) is -0.341. The van der Waals surface area contributed by atoms with Gasteiger partial charge in [-0.2, -0.15) is 0 Å². The number of hydrogen-bond donors (Lipinski definition) is 2. The number of aliphatic carboxylic acids is 1. The van der Waals surface area contributed by atoms with Crippen LogP contribution in [0, 0.1) is 0 Å². The Balaban J connectivity index is 2.30. The Bertz CT molecular complexity index is 654. The maximum absolute atomic E-state index is 12.0. The lowest BCUT2D eigenvalue weighted by molar-refractivity contribution is -0.145. The van der Waals surface area contributed by atoms with Crippen LogP contribution < -0.4 is 0 Å². The molecule has 0 atom stereocenters. The van der Waals surface area contributed by atoms with Crippen LogP contribution in [0.5, 0.6) is 5.75 Å². The van der Waals surface area contributed by atoms with Crippen LogP contribution in [0.3, 0.4) is 0 Å². The minimum Gasteiger partial charge on any atom is -0.508 e. The molecule has 3 rings (SSSR count). The molecule has 2 aromatic rings. The summed E-state index contributed by atoms with van der Waals surface area (Å²) in [6.07, 6.45) is 4.07. The molecule has 0 heterocycles. The maximum atomic E-state index is 12.0. The van der Waals surface area contributed by atoms with Crippen LogP contribution in [-0.4, -0.2) is 16.2 Å². The first kappa shape index (κ1) is 13.0. The molecule has 0 spiro atoms. The molecule has 1 fully saturated rings. The SMILES string of the molecule is O=C(O)C1(c2c(O)ccc3ccccc23)CCCCC1. The molecular weight excluding hydrogens is 252 g/mol. The van der Waals surface area contributed by atoms with Crippen molar-refractivity contribution in [1.29, 1.82) is 0 Å². The molecule has 0 amide bonds. The Hall–Kier alpha value is -2.03. The van der Waals surface area contributed by atoms with E-state index in [0.29, 0.717) is 18.4 Å². The number of hydrogen-bond acceptors (Lipinski definition) is 2. The minimum atomic E-state index is -0.941. The van der Waals surface area contributed by atoms with E-state index in [9.17, 15) is 15.0 Å². The minimum absolute atomic E-state index is 0.105. The predicted octanol–water partition coefficient (Wildman–Crippen LogP) is 3.83. The second kappa shape index (κ2) is 4.82. The molecule has 0 unspecified atom stereocenters. The van der Waals surface area contributed by atoms with Gasteiger partial charge in [0.1, 0.15) is 5.75 Å². The zero-order valence-corrected chi connectivity index (χ0v) is 11.3. The molecule has 3 heteroatoms. The van der Waals surface area contributed by atoms with Crippen molar-refractivity contribution < 1.29 is 15.0 Å². The van der Waals surface area contributed by atoms with Crippen molar-refractivity contribution in [2.75, 3.05) is 0 Å². The Morgan fingerprint density at radius 3 is 2.40 bits per heavy atom. The van der Waals surface area contributed by atoms with Gasteiger partial charge in [-0.1, -0.05) is 49.6 Å². The molecule has 2 N–H and O–H groups in total. The summed E-state index contributed by atoms with van der Waals surface area (Å²) in [4.78, 5) is 12.0. The molecule has 1 aliphatic rings. The molecule has 1 aliphatic carbocycles. The average molecular weight is 270 g/mol. The highest BCUT2D eigenvalue weighted by atomic mass is 16.4. The molecule has 1 saturated carbocycles. The van der Waals surface area contributed by atoms with Crippen molar-refractivity contribution in [3.8, 4) is 5.75 Å². The molecule has 0 aromatic heterocycles. The third kappa shape index (κ3) is 1.85. The Labute approximate surface area is 117 Å². The van der Waals surface area contributed by atoms with Crippen molar-refractivity contribution in [1.82, 2.24) is 0 Å². The lowest BCUT2D eigenvalue weighted by Gasteiger charge is -2.35. The van der Waals surface area contributed by atoms with E-state index in [2.05, 4.69) is 0 Å². The van der Waals surface area contributed by atoms with Gasteiger partial charge in [-0.05, 0) is 29.7 Å². The first-order valence-electron chi connectivity index (χ1n) is 7.10. The van der Waals surface area contributed by atoms with Crippen molar-refractivity contribution in [3.63, 3.8) is 0 Å². The van der Waals surface area contributed by atoms with Crippen molar-refractivity contribution in [2.24, 2.45) is 0 Å². The standard InChI is InChI=1S/C17H18O3/c18-14-9-8-12-6-2-3-7-13(12)15(14)17(16(19)20)10-4-1-5-11-17/h2-3,6-9,18H,1,4-5,10-11H2,(H,19,20). The summed E-state index contributed by atoms with van der Waals surface area (Å²) < 4.78 is 0. The lowest BCUT2D eigenvalue weighted by Crippen LogP contribution is -2.38. The van der Waals surface area contributed by atoms with Gasteiger partial charge < -0.3 is 10.2 Å². The topological polar surface area (TPSA) is 57.5 Å². The van der Waals surface area contributed by atoms with Crippen LogP contribution in [0.25, 0.3) is 10.8 Å². The van der Waals surface area contributed by atoms with Crippen LogP contribution >= 0.6 is 0 Å². The van der Waals surface area contributed by atoms with Crippen molar-refractivity contribution >= 4 is 16.7 Å². The van der Waals surface area contributed by atoms with Gasteiger partial charge in [0, 0.05) is 5.56 Å². The predicted molar refractivity (Wildman–Crippen MR) is 78.0 cm³/mol. The van der Waals surface area contributed by atoms with Gasteiger partial charge in [-0.25, -0.2) is 0 Å². The smallest absolute Gasteiger partial charge is 0.314 e. The van der Waals surface area contributed by atoms with Gasteiger partial charge in [-0.15, -0.1) is 0 Å². The third-order valence-corrected chi connectivity index (χ3v) is 4.50. The van der Waals surface area contributed by atoms with Crippen LogP contribution in [-0.2, 0) is 10.2 Å². The summed E-state index contributed by atoms with van der Waals surface area (Å²) in [6, 6.07) is 11.1. The number of carbonyl (C=O) groups is 1. The van der Waals surface area contributed by atoms with E-state index in [1.807, 2.05) is 30.3 Å². The number of carboxylic acids is 1. The largest absolute Gasteiger partial charge is 0.508 e. The van der Waals surface area contributed by atoms with Gasteiger partial charge in [0.25, 0.3) is 0 Å². The summed E-state index contributed by atoms with van der Waals surface area (Å²) in [5.74, 6) is -0.711. The fourth-order valence-corrected chi connectivity index (χ4v) is 3.49. The molecule has 0 bridgehead atoms. The fraction of sp³-hybridized carbons (Fsp3) is 0.353. The van der Waals surface area contributed by atoms with E-state index >= 15 is 0 Å². The molecule has 0 aliphatic heterocycles. The van der Waals surface area contributed by atoms with Gasteiger partial charge in [0.15, 0.2) is 0 Å². The number of aromatic hydroxyl groups is 1. The highest BCUT2D eigenvalue weighted by molar-refractivity contribution is 5.95. The molecule has 20 heavy (non-hydrogen) atoms. The zero-order chi connectivity index (χ0) is 14.2. The number of phenols is 1. The second-order valence-corrected chi connectivity index (χ2v) is 5.63. The number of benzene rings is 2. The number of fused-ring (bicyclic) bond motifs is 1. The zero-order valence-electron chi connectivity index (χ0n) is 11.3. The van der Waals surface area contributed by atoms with Crippen LogP contribution in [0.2, 0.25) is 0 Å². The first-order valence-corrected chi connectivity index (χ1v) is 7.10.